The summed E-state index contributed by atoms with van der Waals surface area (Å²) in [5, 5.41) is 5.82. The molecule has 0 radical (unpaired) electrons. The fourth-order valence-corrected chi connectivity index (χ4v) is 1.34. The minimum absolute atomic E-state index is 0. The number of methoxy groups -OCH3 is 2. The van der Waals surface area contributed by atoms with Crippen molar-refractivity contribution in [2.45, 2.75) is 0 Å². The maximum Gasteiger partial charge on any atom is 1.00 e. The van der Waals surface area contributed by atoms with Gasteiger partial charge in [0.15, 0.2) is 0 Å². The van der Waals surface area contributed by atoms with E-state index in [2.05, 4.69) is 51.2 Å². The number of anilines is 2. The van der Waals surface area contributed by atoms with Crippen LogP contribution in [0.2, 0.25) is 0 Å². The standard InChI is InChI=1S/2C7H10N2O.CH3NS2.Na/c2*1-8-6-4-3-5-7(9-6)10-2;2-1(3)4;/h2*3-5H,1-2H3,(H,8,9);(H3,2,3,4);/q;;;+1/p-1. The number of aromatic nitrogens is 2. The summed E-state index contributed by atoms with van der Waals surface area (Å²) in [5.41, 5.74) is 4.66. The Morgan fingerprint density at radius 2 is 1.28 bits per heavy atom. The molecule has 4 N–H and O–H groups in total. The van der Waals surface area contributed by atoms with Crippen molar-refractivity contribution in [3.05, 3.63) is 36.4 Å². The molecule has 2 aromatic heterocycles. The molecule has 0 aliphatic rings. The number of thiocarbonyl (C=S) groups is 1. The Labute approximate surface area is 181 Å². The molecule has 2 rings (SSSR count). The van der Waals surface area contributed by atoms with E-state index >= 15 is 0 Å². The summed E-state index contributed by atoms with van der Waals surface area (Å²) >= 11 is 8.26. The zero-order valence-electron chi connectivity index (χ0n) is 15.1. The zero-order valence-corrected chi connectivity index (χ0v) is 18.7. The van der Waals surface area contributed by atoms with Crippen LogP contribution in [0.1, 0.15) is 0 Å². The molecule has 0 spiro atoms. The largest absolute Gasteiger partial charge is 1.00 e. The van der Waals surface area contributed by atoms with Gasteiger partial charge in [0.05, 0.1) is 14.2 Å². The first kappa shape index (κ1) is 25.8. The Bertz CT molecular complexity index is 530. The predicted molar refractivity (Wildman–Crippen MR) is 105 cm³/mol. The van der Waals surface area contributed by atoms with Crippen LogP contribution in [0.3, 0.4) is 0 Å². The Morgan fingerprint density at radius 3 is 1.52 bits per heavy atom. The molecule has 0 bridgehead atoms. The van der Waals surface area contributed by atoms with Gasteiger partial charge in [0, 0.05) is 26.2 Å². The van der Waals surface area contributed by atoms with Crippen molar-refractivity contribution < 1.29 is 39.0 Å². The maximum atomic E-state index is 4.91. The Balaban J connectivity index is 0. The number of pyridine rings is 2. The van der Waals surface area contributed by atoms with E-state index in [0.717, 1.165) is 11.6 Å². The van der Waals surface area contributed by atoms with Gasteiger partial charge in [-0.3, -0.25) is 0 Å². The summed E-state index contributed by atoms with van der Waals surface area (Å²) in [6.45, 7) is 0. The molecular formula is C15H22N5NaO2S2. The van der Waals surface area contributed by atoms with Crippen molar-refractivity contribution in [1.82, 2.24) is 9.97 Å². The quantitative estimate of drug-likeness (QED) is 0.346. The monoisotopic (exact) mass is 391 g/mol. The SMILES string of the molecule is CNc1cccc(OC)n1.CNc1cccc(OC)n1.NC(=S)[S-].[Na+]. The van der Waals surface area contributed by atoms with Gasteiger partial charge in [0.25, 0.3) is 0 Å². The van der Waals surface area contributed by atoms with Gasteiger partial charge in [-0.25, -0.2) is 0 Å². The van der Waals surface area contributed by atoms with Gasteiger partial charge in [-0.15, -0.1) is 0 Å². The third-order valence-electron chi connectivity index (χ3n) is 2.38. The molecule has 0 atom stereocenters. The fraction of sp³-hybridized carbons (Fsp3) is 0.267. The molecule has 10 heteroatoms. The maximum absolute atomic E-state index is 4.91. The molecule has 0 fully saturated rings. The average Bonchev–Trinajstić information content (AvgIpc) is 2.61. The average molecular weight is 391 g/mol. The molecule has 0 aliphatic carbocycles. The Morgan fingerprint density at radius 1 is 0.960 bits per heavy atom. The van der Waals surface area contributed by atoms with Crippen LogP contribution in [0.4, 0.5) is 11.6 Å². The van der Waals surface area contributed by atoms with E-state index in [4.69, 9.17) is 9.47 Å². The van der Waals surface area contributed by atoms with Gasteiger partial charge in [0.1, 0.15) is 11.6 Å². The first-order chi connectivity index (χ1) is 11.5. The molecule has 0 saturated carbocycles. The molecule has 0 saturated heterocycles. The van der Waals surface area contributed by atoms with Crippen LogP contribution in [0.25, 0.3) is 0 Å². The van der Waals surface area contributed by atoms with Crippen molar-refractivity contribution in [3.63, 3.8) is 0 Å². The fourth-order valence-electron chi connectivity index (χ4n) is 1.34. The topological polar surface area (TPSA) is 94.3 Å². The first-order valence-electron chi connectivity index (χ1n) is 6.80. The number of rotatable bonds is 4. The van der Waals surface area contributed by atoms with Crippen LogP contribution in [-0.2, 0) is 12.6 Å². The molecule has 25 heavy (non-hydrogen) atoms. The van der Waals surface area contributed by atoms with Crippen molar-refractivity contribution in [2.75, 3.05) is 38.9 Å². The van der Waals surface area contributed by atoms with Crippen LogP contribution in [0, 0.1) is 0 Å². The summed E-state index contributed by atoms with van der Waals surface area (Å²) in [4.78, 5) is 8.15. The Kier molecular flexibility index (Phi) is 16.6. The van der Waals surface area contributed by atoms with Crippen molar-refractivity contribution in [2.24, 2.45) is 5.73 Å². The van der Waals surface area contributed by atoms with Crippen molar-refractivity contribution in [3.8, 4) is 11.8 Å². The van der Waals surface area contributed by atoms with E-state index in [1.165, 1.54) is 0 Å². The van der Waals surface area contributed by atoms with Gasteiger partial charge in [-0.2, -0.15) is 9.97 Å². The summed E-state index contributed by atoms with van der Waals surface area (Å²) in [6.07, 6.45) is 0. The van der Waals surface area contributed by atoms with Crippen molar-refractivity contribution in [1.29, 1.82) is 0 Å². The summed E-state index contributed by atoms with van der Waals surface area (Å²) in [5.74, 6) is 2.90. The second-order valence-corrected chi connectivity index (χ2v) is 5.09. The number of hydrogen-bond acceptors (Lipinski definition) is 8. The van der Waals surface area contributed by atoms with Gasteiger partial charge < -0.3 is 50.7 Å². The van der Waals surface area contributed by atoms with Crippen LogP contribution in [-0.4, -0.2) is 42.6 Å². The smallest absolute Gasteiger partial charge is 0.481 e. The molecule has 132 valence electrons. The predicted octanol–water partition coefficient (Wildman–Crippen LogP) is -0.955. The molecule has 0 aromatic carbocycles. The van der Waals surface area contributed by atoms with E-state index in [1.807, 2.05) is 38.4 Å². The number of ether oxygens (including phenoxy) is 2. The summed E-state index contributed by atoms with van der Waals surface area (Å²) in [7, 11) is 6.84. The number of nitrogens with one attached hydrogen (secondary N) is 2. The second-order valence-electron chi connectivity index (χ2n) is 3.95. The molecule has 0 amide bonds. The zero-order chi connectivity index (χ0) is 18.4. The minimum Gasteiger partial charge on any atom is -0.481 e. The summed E-state index contributed by atoms with van der Waals surface area (Å²) < 4.78 is 9.89. The van der Waals surface area contributed by atoms with E-state index in [0.29, 0.717) is 11.8 Å². The van der Waals surface area contributed by atoms with E-state index in [9.17, 15) is 0 Å². The number of nitrogens with two attached hydrogens (primary N) is 1. The molecule has 2 heterocycles. The molecular weight excluding hydrogens is 369 g/mol. The van der Waals surface area contributed by atoms with Gasteiger partial charge in [-0.1, -0.05) is 16.5 Å². The second kappa shape index (κ2) is 16.1. The molecule has 2 aromatic rings. The third kappa shape index (κ3) is 13.6. The van der Waals surface area contributed by atoms with Crippen LogP contribution >= 0.6 is 12.2 Å². The van der Waals surface area contributed by atoms with E-state index < -0.39 is 0 Å². The minimum atomic E-state index is 0. The van der Waals surface area contributed by atoms with Crippen molar-refractivity contribution >= 4 is 40.8 Å². The van der Waals surface area contributed by atoms with E-state index in [-0.39, 0.29) is 33.9 Å². The summed E-state index contributed by atoms with van der Waals surface area (Å²) in [6, 6.07) is 11.1. The molecule has 0 aliphatic heterocycles. The Hall–Kier alpha value is -1.39. The van der Waals surface area contributed by atoms with Crippen LogP contribution in [0.5, 0.6) is 11.8 Å². The first-order valence-corrected chi connectivity index (χ1v) is 7.62. The van der Waals surface area contributed by atoms with Crippen LogP contribution < -0.4 is 55.4 Å². The molecule has 7 nitrogen and oxygen atoms in total. The van der Waals surface area contributed by atoms with Gasteiger partial charge >= 0.3 is 29.6 Å². The van der Waals surface area contributed by atoms with Gasteiger partial charge in [0.2, 0.25) is 11.8 Å². The third-order valence-corrected chi connectivity index (χ3v) is 2.38. The molecule has 0 unspecified atom stereocenters. The van der Waals surface area contributed by atoms with Crippen LogP contribution in [0.15, 0.2) is 36.4 Å². The van der Waals surface area contributed by atoms with E-state index in [1.54, 1.807) is 26.4 Å². The van der Waals surface area contributed by atoms with Gasteiger partial charge in [-0.05, 0) is 12.1 Å². The number of hydrogen-bond donors (Lipinski definition) is 3. The normalized spacial score (nSPS) is 8.16. The number of nitrogens with zero attached hydrogens (tertiary/aromatic N) is 2.